The van der Waals surface area contributed by atoms with Gasteiger partial charge in [-0.25, -0.2) is 8.42 Å². The van der Waals surface area contributed by atoms with Crippen molar-refractivity contribution in [2.45, 2.75) is 38.3 Å². The van der Waals surface area contributed by atoms with Gasteiger partial charge in [0, 0.05) is 13.1 Å². The molecular weight excluding hydrogens is 252 g/mol. The molecule has 0 aromatic carbocycles. The first-order valence-corrected chi connectivity index (χ1v) is 7.73. The van der Waals surface area contributed by atoms with E-state index < -0.39 is 10.0 Å². The van der Waals surface area contributed by atoms with E-state index in [1.165, 1.54) is 10.4 Å². The maximum Gasteiger partial charge on any atom is 0.276 e. The van der Waals surface area contributed by atoms with Crippen LogP contribution in [0.4, 0.5) is 0 Å². The van der Waals surface area contributed by atoms with Gasteiger partial charge in [-0.1, -0.05) is 20.3 Å². The van der Waals surface area contributed by atoms with Crippen molar-refractivity contribution in [1.29, 1.82) is 0 Å². The van der Waals surface area contributed by atoms with E-state index in [0.29, 0.717) is 25.4 Å². The van der Waals surface area contributed by atoms with E-state index in [9.17, 15) is 8.42 Å². The third-order valence-corrected chi connectivity index (χ3v) is 4.54. The van der Waals surface area contributed by atoms with Crippen LogP contribution in [0.5, 0.6) is 0 Å². The first-order valence-electron chi connectivity index (χ1n) is 6.29. The largest absolute Gasteiger partial charge is 0.447 e. The molecule has 0 unspecified atom stereocenters. The Morgan fingerprint density at radius 1 is 1.33 bits per heavy atom. The Morgan fingerprint density at radius 2 is 2.06 bits per heavy atom. The quantitative estimate of drug-likeness (QED) is 0.785. The van der Waals surface area contributed by atoms with Gasteiger partial charge in [-0.15, -0.1) is 0 Å². The minimum atomic E-state index is -3.48. The van der Waals surface area contributed by atoms with E-state index in [0.717, 1.165) is 12.8 Å². The van der Waals surface area contributed by atoms with Gasteiger partial charge in [-0.05, 0) is 25.6 Å². The molecule has 0 amide bonds. The highest BCUT2D eigenvalue weighted by Gasteiger charge is 2.25. The van der Waals surface area contributed by atoms with Gasteiger partial charge in [0.05, 0.1) is 6.54 Å². The lowest BCUT2D eigenvalue weighted by atomic mass is 10.3. The summed E-state index contributed by atoms with van der Waals surface area (Å²) in [6.07, 6.45) is 1.83. The second kappa shape index (κ2) is 6.92. The summed E-state index contributed by atoms with van der Waals surface area (Å²) in [6.45, 7) is 5.40. The number of sulfonamides is 1. The summed E-state index contributed by atoms with van der Waals surface area (Å²) < 4.78 is 31.4. The Hall–Kier alpha value is -0.850. The number of furan rings is 1. The van der Waals surface area contributed by atoms with Crippen molar-refractivity contribution in [2.24, 2.45) is 0 Å². The Kier molecular flexibility index (Phi) is 5.84. The molecule has 104 valence electrons. The van der Waals surface area contributed by atoms with E-state index >= 15 is 0 Å². The van der Waals surface area contributed by atoms with Crippen LogP contribution in [-0.4, -0.2) is 32.9 Å². The van der Waals surface area contributed by atoms with Crippen LogP contribution in [0.2, 0.25) is 0 Å². The van der Waals surface area contributed by atoms with Gasteiger partial charge in [0.2, 0.25) is 5.09 Å². The first-order chi connectivity index (χ1) is 8.56. The number of unbranched alkanes of at least 4 members (excludes halogenated alkanes) is 1. The van der Waals surface area contributed by atoms with Crippen LogP contribution >= 0.6 is 0 Å². The molecule has 1 aromatic heterocycles. The van der Waals surface area contributed by atoms with Crippen LogP contribution < -0.4 is 5.32 Å². The molecule has 6 heteroatoms. The molecule has 1 heterocycles. The molecule has 0 fully saturated rings. The molecule has 0 radical (unpaired) electrons. The predicted octanol–water partition coefficient (Wildman–Crippen LogP) is 1.81. The third-order valence-electron chi connectivity index (χ3n) is 2.70. The minimum Gasteiger partial charge on any atom is -0.447 e. The van der Waals surface area contributed by atoms with Crippen molar-refractivity contribution in [3.05, 3.63) is 17.9 Å². The molecule has 1 aromatic rings. The van der Waals surface area contributed by atoms with Crippen molar-refractivity contribution < 1.29 is 12.8 Å². The molecular formula is C12H22N2O3S. The first kappa shape index (κ1) is 15.2. The Morgan fingerprint density at radius 3 is 2.61 bits per heavy atom. The predicted molar refractivity (Wildman–Crippen MR) is 70.8 cm³/mol. The lowest BCUT2D eigenvalue weighted by Crippen LogP contribution is -2.31. The van der Waals surface area contributed by atoms with Gasteiger partial charge in [0.1, 0.15) is 5.76 Å². The fourth-order valence-corrected chi connectivity index (χ4v) is 3.09. The van der Waals surface area contributed by atoms with E-state index in [2.05, 4.69) is 5.32 Å². The minimum absolute atomic E-state index is 0.0331. The summed E-state index contributed by atoms with van der Waals surface area (Å²) in [5, 5.41) is 2.96. The highest BCUT2D eigenvalue weighted by molar-refractivity contribution is 7.89. The summed E-state index contributed by atoms with van der Waals surface area (Å²) in [4.78, 5) is 0. The number of hydrogen-bond donors (Lipinski definition) is 1. The van der Waals surface area contributed by atoms with Gasteiger partial charge in [-0.2, -0.15) is 4.31 Å². The smallest absolute Gasteiger partial charge is 0.276 e. The van der Waals surface area contributed by atoms with Crippen molar-refractivity contribution in [3.63, 3.8) is 0 Å². The molecule has 0 aliphatic rings. The Balaban J connectivity index is 2.88. The van der Waals surface area contributed by atoms with E-state index in [1.54, 1.807) is 13.1 Å². The monoisotopic (exact) mass is 274 g/mol. The van der Waals surface area contributed by atoms with Gasteiger partial charge >= 0.3 is 0 Å². The van der Waals surface area contributed by atoms with Crippen LogP contribution in [0.3, 0.4) is 0 Å². The summed E-state index contributed by atoms with van der Waals surface area (Å²) in [6, 6.07) is 3.22. The zero-order valence-corrected chi connectivity index (χ0v) is 12.1. The second-order valence-corrected chi connectivity index (χ2v) is 5.97. The summed E-state index contributed by atoms with van der Waals surface area (Å²) in [5.41, 5.74) is 0. The maximum atomic E-state index is 12.3. The van der Waals surface area contributed by atoms with Gasteiger partial charge < -0.3 is 9.73 Å². The Labute approximate surface area is 109 Å². The van der Waals surface area contributed by atoms with Crippen LogP contribution in [0.1, 0.15) is 32.4 Å². The number of nitrogens with one attached hydrogen (secondary N) is 1. The lowest BCUT2D eigenvalue weighted by molar-refractivity contribution is 0.367. The Bertz CT molecular complexity index is 454. The summed E-state index contributed by atoms with van der Waals surface area (Å²) in [7, 11) is -1.69. The number of nitrogens with zero attached hydrogens (tertiary/aromatic N) is 1. The summed E-state index contributed by atoms with van der Waals surface area (Å²) in [5.74, 6) is 0.627. The van der Waals surface area contributed by atoms with Crippen molar-refractivity contribution in [3.8, 4) is 0 Å². The number of rotatable bonds is 8. The van der Waals surface area contributed by atoms with Crippen LogP contribution in [0.15, 0.2) is 21.6 Å². The van der Waals surface area contributed by atoms with Crippen molar-refractivity contribution in [1.82, 2.24) is 9.62 Å². The van der Waals surface area contributed by atoms with Crippen LogP contribution in [0.25, 0.3) is 0 Å². The molecule has 0 atom stereocenters. The molecule has 5 nitrogen and oxygen atoms in total. The zero-order chi connectivity index (χ0) is 13.6. The van der Waals surface area contributed by atoms with Gasteiger partial charge in [0.15, 0.2) is 0 Å². The van der Waals surface area contributed by atoms with Crippen LogP contribution in [0, 0.1) is 0 Å². The molecule has 18 heavy (non-hydrogen) atoms. The molecule has 1 rings (SSSR count). The summed E-state index contributed by atoms with van der Waals surface area (Å²) >= 11 is 0. The van der Waals surface area contributed by atoms with Gasteiger partial charge in [-0.3, -0.25) is 0 Å². The molecule has 1 N–H and O–H groups in total. The van der Waals surface area contributed by atoms with E-state index in [4.69, 9.17) is 4.42 Å². The fourth-order valence-electron chi connectivity index (χ4n) is 1.68. The molecule has 0 saturated carbocycles. The zero-order valence-electron chi connectivity index (χ0n) is 11.3. The molecule has 0 aliphatic heterocycles. The van der Waals surface area contributed by atoms with Crippen molar-refractivity contribution in [2.75, 3.05) is 20.1 Å². The fraction of sp³-hybridized carbons (Fsp3) is 0.667. The molecule has 0 bridgehead atoms. The molecule has 0 aliphatic carbocycles. The maximum absolute atomic E-state index is 12.3. The third kappa shape index (κ3) is 3.57. The van der Waals surface area contributed by atoms with E-state index in [-0.39, 0.29) is 5.09 Å². The SMILES string of the molecule is CCCCN(CC)S(=O)(=O)c1ccc(CNC)o1. The van der Waals surface area contributed by atoms with Crippen LogP contribution in [-0.2, 0) is 16.6 Å². The molecule has 0 saturated heterocycles. The van der Waals surface area contributed by atoms with E-state index in [1.807, 2.05) is 13.8 Å². The average molecular weight is 274 g/mol. The highest BCUT2D eigenvalue weighted by Crippen LogP contribution is 2.19. The number of hydrogen-bond acceptors (Lipinski definition) is 4. The topological polar surface area (TPSA) is 62.6 Å². The normalized spacial score (nSPS) is 12.2. The lowest BCUT2D eigenvalue weighted by Gasteiger charge is -2.18. The standard InChI is InChI=1S/C12H22N2O3S/c1-4-6-9-14(5-2)18(15,16)12-8-7-11(17-12)10-13-3/h7-8,13H,4-6,9-10H2,1-3H3. The van der Waals surface area contributed by atoms with Crippen molar-refractivity contribution >= 4 is 10.0 Å². The molecule has 0 spiro atoms. The average Bonchev–Trinajstić information content (AvgIpc) is 2.79. The highest BCUT2D eigenvalue weighted by atomic mass is 32.2. The second-order valence-electron chi connectivity index (χ2n) is 4.10. The van der Waals surface area contributed by atoms with Gasteiger partial charge in [0.25, 0.3) is 10.0 Å².